The van der Waals surface area contributed by atoms with E-state index < -0.39 is 0 Å². The molecule has 0 aliphatic heterocycles. The Labute approximate surface area is 115 Å². The average molecular weight is 258 g/mol. The second-order valence-corrected chi connectivity index (χ2v) is 5.33. The molecule has 3 nitrogen and oxygen atoms in total. The fourth-order valence-electron chi connectivity index (χ4n) is 2.07. The van der Waals surface area contributed by atoms with Gasteiger partial charge in [0.25, 0.3) is 0 Å². The van der Waals surface area contributed by atoms with Gasteiger partial charge in [-0.15, -0.1) is 0 Å². The molecule has 0 unspecified atom stereocenters. The van der Waals surface area contributed by atoms with Crippen molar-refractivity contribution in [1.82, 2.24) is 4.90 Å². The number of aryl methyl sites for hydroxylation is 1. The summed E-state index contributed by atoms with van der Waals surface area (Å²) in [5.41, 5.74) is 1.85. The fraction of sp³-hybridized carbons (Fsp3) is 0.500. The number of rotatable bonds is 7. The first kappa shape index (κ1) is 15.4. The number of hydrogen-bond donors (Lipinski definition) is 0. The van der Waals surface area contributed by atoms with E-state index in [4.69, 9.17) is 5.26 Å². The predicted octanol–water partition coefficient (Wildman–Crippen LogP) is 3.05. The molecule has 0 saturated carbocycles. The zero-order chi connectivity index (χ0) is 14.3. The molecule has 0 aliphatic rings. The Kier molecular flexibility index (Phi) is 6.24. The largest absolute Gasteiger partial charge is 0.295 e. The molecule has 19 heavy (non-hydrogen) atoms. The number of Topliss-reactive ketones (excluding diaryl/α,β-unsaturated/α-hetero) is 1. The predicted molar refractivity (Wildman–Crippen MR) is 77.0 cm³/mol. The molecule has 0 spiro atoms. The molecule has 0 radical (unpaired) electrons. The van der Waals surface area contributed by atoms with Gasteiger partial charge < -0.3 is 0 Å². The van der Waals surface area contributed by atoms with Crippen LogP contribution < -0.4 is 0 Å². The van der Waals surface area contributed by atoms with Crippen LogP contribution in [0.1, 0.15) is 36.2 Å². The van der Waals surface area contributed by atoms with Crippen LogP contribution in [0.4, 0.5) is 0 Å². The van der Waals surface area contributed by atoms with Crippen LogP contribution in [0.5, 0.6) is 0 Å². The Morgan fingerprint density at radius 3 is 2.74 bits per heavy atom. The Morgan fingerprint density at radius 2 is 2.16 bits per heavy atom. The van der Waals surface area contributed by atoms with E-state index >= 15 is 0 Å². The second-order valence-electron chi connectivity index (χ2n) is 5.33. The standard InChI is InChI=1S/C16H22N2O/c1-13(2)11-18(9-5-8-17)12-16(19)15-7-4-6-14(3)10-15/h4,6-7,10,13H,5,9,11-12H2,1-3H3. The summed E-state index contributed by atoms with van der Waals surface area (Å²) in [7, 11) is 0. The highest BCUT2D eigenvalue weighted by molar-refractivity contribution is 5.97. The number of carbonyl (C=O) groups excluding carboxylic acids is 1. The van der Waals surface area contributed by atoms with Crippen molar-refractivity contribution in [2.45, 2.75) is 27.2 Å². The van der Waals surface area contributed by atoms with Crippen molar-refractivity contribution in [1.29, 1.82) is 5.26 Å². The first-order valence-electron chi connectivity index (χ1n) is 6.72. The van der Waals surface area contributed by atoms with Crippen LogP contribution in [0.2, 0.25) is 0 Å². The molecule has 1 aromatic carbocycles. The maximum absolute atomic E-state index is 12.2. The molecule has 1 aromatic rings. The molecule has 0 aromatic heterocycles. The van der Waals surface area contributed by atoms with E-state index in [0.29, 0.717) is 25.4 Å². The molecular weight excluding hydrogens is 236 g/mol. The number of hydrogen-bond acceptors (Lipinski definition) is 3. The van der Waals surface area contributed by atoms with Crippen LogP contribution >= 0.6 is 0 Å². The third kappa shape index (κ3) is 5.67. The van der Waals surface area contributed by atoms with Crippen LogP contribution in [0, 0.1) is 24.2 Å². The van der Waals surface area contributed by atoms with Crippen molar-refractivity contribution >= 4 is 5.78 Å². The topological polar surface area (TPSA) is 44.1 Å². The van der Waals surface area contributed by atoms with E-state index in [0.717, 1.165) is 17.7 Å². The van der Waals surface area contributed by atoms with E-state index in [1.54, 1.807) is 0 Å². The van der Waals surface area contributed by atoms with Crippen molar-refractivity contribution in [3.8, 4) is 6.07 Å². The Balaban J connectivity index is 2.67. The third-order valence-corrected chi connectivity index (χ3v) is 2.87. The van der Waals surface area contributed by atoms with E-state index in [9.17, 15) is 4.79 Å². The first-order chi connectivity index (χ1) is 9.02. The van der Waals surface area contributed by atoms with Crippen LogP contribution in [-0.2, 0) is 0 Å². The van der Waals surface area contributed by atoms with Crippen LogP contribution in [0.25, 0.3) is 0 Å². The molecule has 0 aliphatic carbocycles. The van der Waals surface area contributed by atoms with Gasteiger partial charge >= 0.3 is 0 Å². The lowest BCUT2D eigenvalue weighted by atomic mass is 10.1. The summed E-state index contributed by atoms with van der Waals surface area (Å²) in [6.07, 6.45) is 0.466. The zero-order valence-corrected chi connectivity index (χ0v) is 12.0. The Morgan fingerprint density at radius 1 is 1.42 bits per heavy atom. The Bertz CT molecular complexity index is 460. The van der Waals surface area contributed by atoms with Crippen molar-refractivity contribution in [3.63, 3.8) is 0 Å². The van der Waals surface area contributed by atoms with Gasteiger partial charge in [0.1, 0.15) is 0 Å². The van der Waals surface area contributed by atoms with Gasteiger partial charge in [0, 0.05) is 25.1 Å². The van der Waals surface area contributed by atoms with E-state index in [1.807, 2.05) is 31.2 Å². The lowest BCUT2D eigenvalue weighted by Gasteiger charge is -2.22. The summed E-state index contributed by atoms with van der Waals surface area (Å²) >= 11 is 0. The van der Waals surface area contributed by atoms with Crippen molar-refractivity contribution < 1.29 is 4.79 Å². The van der Waals surface area contributed by atoms with Crippen LogP contribution in [-0.4, -0.2) is 30.3 Å². The van der Waals surface area contributed by atoms with E-state index in [2.05, 4.69) is 24.8 Å². The molecule has 0 saturated heterocycles. The normalized spacial score (nSPS) is 10.7. The molecule has 0 amide bonds. The highest BCUT2D eigenvalue weighted by Crippen LogP contribution is 2.07. The third-order valence-electron chi connectivity index (χ3n) is 2.87. The summed E-state index contributed by atoms with van der Waals surface area (Å²) in [4.78, 5) is 14.3. The SMILES string of the molecule is Cc1cccc(C(=O)CN(CCC#N)CC(C)C)c1. The lowest BCUT2D eigenvalue weighted by Crippen LogP contribution is -2.33. The quantitative estimate of drug-likeness (QED) is 0.706. The maximum atomic E-state index is 12.2. The van der Waals surface area contributed by atoms with Gasteiger partial charge in [-0.2, -0.15) is 5.26 Å². The van der Waals surface area contributed by atoms with E-state index in [1.165, 1.54) is 0 Å². The van der Waals surface area contributed by atoms with Gasteiger partial charge in [-0.3, -0.25) is 9.69 Å². The highest BCUT2D eigenvalue weighted by Gasteiger charge is 2.13. The molecule has 3 heteroatoms. The van der Waals surface area contributed by atoms with Crippen molar-refractivity contribution in [2.24, 2.45) is 5.92 Å². The number of ketones is 1. The number of benzene rings is 1. The molecule has 102 valence electrons. The van der Waals surface area contributed by atoms with E-state index in [-0.39, 0.29) is 5.78 Å². The average Bonchev–Trinajstić information content (AvgIpc) is 2.35. The number of carbonyl (C=O) groups is 1. The zero-order valence-electron chi connectivity index (χ0n) is 12.0. The minimum atomic E-state index is 0.127. The summed E-state index contributed by atoms with van der Waals surface area (Å²) < 4.78 is 0. The van der Waals surface area contributed by atoms with Gasteiger partial charge in [0.2, 0.25) is 0 Å². The van der Waals surface area contributed by atoms with Crippen molar-refractivity contribution in [2.75, 3.05) is 19.6 Å². The Hall–Kier alpha value is -1.66. The minimum Gasteiger partial charge on any atom is -0.295 e. The molecule has 0 atom stereocenters. The van der Waals surface area contributed by atoms with Gasteiger partial charge in [-0.1, -0.05) is 37.6 Å². The monoisotopic (exact) mass is 258 g/mol. The fourth-order valence-corrected chi connectivity index (χ4v) is 2.07. The molecule has 1 rings (SSSR count). The molecule has 0 heterocycles. The summed E-state index contributed by atoms with van der Waals surface area (Å²) in [5.74, 6) is 0.617. The van der Waals surface area contributed by atoms with Crippen molar-refractivity contribution in [3.05, 3.63) is 35.4 Å². The van der Waals surface area contributed by atoms with Gasteiger partial charge in [-0.25, -0.2) is 0 Å². The number of nitriles is 1. The molecule has 0 N–H and O–H groups in total. The summed E-state index contributed by atoms with van der Waals surface area (Å²) in [6, 6.07) is 9.80. The first-order valence-corrected chi connectivity index (χ1v) is 6.72. The summed E-state index contributed by atoms with van der Waals surface area (Å²) in [6.45, 7) is 8.13. The molecular formula is C16H22N2O. The molecule has 0 bridgehead atoms. The maximum Gasteiger partial charge on any atom is 0.176 e. The second kappa shape index (κ2) is 7.70. The van der Waals surface area contributed by atoms with Crippen LogP contribution in [0.15, 0.2) is 24.3 Å². The lowest BCUT2D eigenvalue weighted by molar-refractivity contribution is 0.0923. The molecule has 0 fully saturated rings. The minimum absolute atomic E-state index is 0.127. The van der Waals surface area contributed by atoms with Gasteiger partial charge in [0.05, 0.1) is 12.6 Å². The van der Waals surface area contributed by atoms with Crippen LogP contribution in [0.3, 0.4) is 0 Å². The number of nitrogens with zero attached hydrogens (tertiary/aromatic N) is 2. The highest BCUT2D eigenvalue weighted by atomic mass is 16.1. The smallest absolute Gasteiger partial charge is 0.176 e. The van der Waals surface area contributed by atoms with Gasteiger partial charge in [-0.05, 0) is 18.9 Å². The van der Waals surface area contributed by atoms with Gasteiger partial charge in [0.15, 0.2) is 5.78 Å². The summed E-state index contributed by atoms with van der Waals surface area (Å²) in [5, 5.41) is 8.68.